The van der Waals surface area contributed by atoms with E-state index in [2.05, 4.69) is 27.2 Å². The van der Waals surface area contributed by atoms with Crippen LogP contribution >= 0.6 is 0 Å². The van der Waals surface area contributed by atoms with Crippen molar-refractivity contribution in [2.45, 2.75) is 32.2 Å². The molecule has 0 spiro atoms. The Morgan fingerprint density at radius 3 is 2.50 bits per heavy atom. The standard InChI is InChI=1S/C18H28N6/c1-22-18-15(16(21-22)14-23-12-8-19-9-13-23)6-7-17(20-18)24-10-4-2-3-5-11-24/h6-7,19H,2-5,8-14H2,1H3. The lowest BCUT2D eigenvalue weighted by Crippen LogP contribution is -2.43. The summed E-state index contributed by atoms with van der Waals surface area (Å²) in [5.74, 6) is 1.11. The Morgan fingerprint density at radius 1 is 1.00 bits per heavy atom. The van der Waals surface area contributed by atoms with Crippen LogP contribution in [-0.2, 0) is 13.6 Å². The van der Waals surface area contributed by atoms with Crippen LogP contribution in [0.25, 0.3) is 11.0 Å². The number of fused-ring (bicyclic) bond motifs is 1. The summed E-state index contributed by atoms with van der Waals surface area (Å²) in [6.07, 6.45) is 5.25. The molecule has 2 aromatic heterocycles. The largest absolute Gasteiger partial charge is 0.357 e. The highest BCUT2D eigenvalue weighted by molar-refractivity contribution is 5.80. The van der Waals surface area contributed by atoms with Gasteiger partial charge in [-0.1, -0.05) is 12.8 Å². The van der Waals surface area contributed by atoms with Gasteiger partial charge < -0.3 is 10.2 Å². The van der Waals surface area contributed by atoms with Crippen LogP contribution in [0.2, 0.25) is 0 Å². The van der Waals surface area contributed by atoms with E-state index in [9.17, 15) is 0 Å². The highest BCUT2D eigenvalue weighted by Gasteiger charge is 2.18. The zero-order chi connectivity index (χ0) is 16.4. The number of aryl methyl sites for hydroxylation is 1. The lowest BCUT2D eigenvalue weighted by molar-refractivity contribution is 0.231. The fourth-order valence-electron chi connectivity index (χ4n) is 3.87. The van der Waals surface area contributed by atoms with Crippen LogP contribution in [0, 0.1) is 0 Å². The second-order valence-corrected chi connectivity index (χ2v) is 7.04. The van der Waals surface area contributed by atoms with E-state index in [1.807, 2.05) is 11.7 Å². The van der Waals surface area contributed by atoms with Gasteiger partial charge in [0, 0.05) is 58.2 Å². The van der Waals surface area contributed by atoms with Crippen LogP contribution in [0.3, 0.4) is 0 Å². The van der Waals surface area contributed by atoms with Crippen molar-refractivity contribution in [3.8, 4) is 0 Å². The number of rotatable bonds is 3. The van der Waals surface area contributed by atoms with Gasteiger partial charge in [-0.3, -0.25) is 9.58 Å². The Balaban J connectivity index is 1.59. The zero-order valence-corrected chi connectivity index (χ0v) is 14.7. The summed E-state index contributed by atoms with van der Waals surface area (Å²) in [7, 11) is 2.02. The van der Waals surface area contributed by atoms with Crippen LogP contribution in [-0.4, -0.2) is 58.9 Å². The molecule has 4 heterocycles. The van der Waals surface area contributed by atoms with Crippen molar-refractivity contribution in [1.29, 1.82) is 0 Å². The number of nitrogens with one attached hydrogen (secondary N) is 1. The Bertz CT molecular complexity index is 680. The number of pyridine rings is 1. The normalized spacial score (nSPS) is 20.5. The molecule has 2 saturated heterocycles. The molecule has 0 aliphatic carbocycles. The Labute approximate surface area is 143 Å². The van der Waals surface area contributed by atoms with E-state index < -0.39 is 0 Å². The second kappa shape index (κ2) is 7.07. The molecular formula is C18H28N6. The SMILES string of the molecule is Cn1nc(CN2CCNCC2)c2ccc(N3CCCCCC3)nc21. The van der Waals surface area contributed by atoms with E-state index >= 15 is 0 Å². The van der Waals surface area contributed by atoms with Crippen molar-refractivity contribution >= 4 is 16.9 Å². The summed E-state index contributed by atoms with van der Waals surface area (Å²) in [6.45, 7) is 7.51. The molecule has 6 nitrogen and oxygen atoms in total. The van der Waals surface area contributed by atoms with Gasteiger partial charge in [0.2, 0.25) is 0 Å². The zero-order valence-electron chi connectivity index (χ0n) is 14.7. The number of nitrogens with zero attached hydrogens (tertiary/aromatic N) is 5. The van der Waals surface area contributed by atoms with Crippen LogP contribution in [0.15, 0.2) is 12.1 Å². The maximum absolute atomic E-state index is 4.95. The van der Waals surface area contributed by atoms with Crippen molar-refractivity contribution < 1.29 is 0 Å². The minimum atomic E-state index is 0.920. The summed E-state index contributed by atoms with van der Waals surface area (Å²) in [5, 5.41) is 9.37. The molecule has 0 amide bonds. The van der Waals surface area contributed by atoms with Gasteiger partial charge in [0.1, 0.15) is 5.82 Å². The summed E-state index contributed by atoms with van der Waals surface area (Å²) in [6, 6.07) is 4.42. The average Bonchev–Trinajstić information content (AvgIpc) is 2.81. The molecular weight excluding hydrogens is 300 g/mol. The maximum atomic E-state index is 4.95. The fraction of sp³-hybridized carbons (Fsp3) is 0.667. The average molecular weight is 328 g/mol. The maximum Gasteiger partial charge on any atom is 0.160 e. The van der Waals surface area contributed by atoms with Crippen molar-refractivity contribution in [3.63, 3.8) is 0 Å². The van der Waals surface area contributed by atoms with Crippen LogP contribution in [0.1, 0.15) is 31.4 Å². The number of piperazine rings is 1. The molecule has 0 unspecified atom stereocenters. The van der Waals surface area contributed by atoms with E-state index in [-0.39, 0.29) is 0 Å². The summed E-state index contributed by atoms with van der Waals surface area (Å²) >= 11 is 0. The van der Waals surface area contributed by atoms with Gasteiger partial charge in [0.05, 0.1) is 5.69 Å². The first-order chi connectivity index (χ1) is 11.8. The van der Waals surface area contributed by atoms with E-state index in [0.29, 0.717) is 0 Å². The quantitative estimate of drug-likeness (QED) is 0.930. The van der Waals surface area contributed by atoms with E-state index in [4.69, 9.17) is 10.1 Å². The molecule has 1 N–H and O–H groups in total. The first-order valence-electron chi connectivity index (χ1n) is 9.32. The minimum absolute atomic E-state index is 0.920. The third-order valence-corrected chi connectivity index (χ3v) is 5.26. The van der Waals surface area contributed by atoms with Gasteiger partial charge in [0.15, 0.2) is 5.65 Å². The Kier molecular flexibility index (Phi) is 4.67. The summed E-state index contributed by atoms with van der Waals surface area (Å²) in [4.78, 5) is 9.86. The van der Waals surface area contributed by atoms with Crippen molar-refractivity contribution in [2.24, 2.45) is 7.05 Å². The molecule has 0 saturated carbocycles. The van der Waals surface area contributed by atoms with Gasteiger partial charge in [-0.2, -0.15) is 5.10 Å². The Hall–Kier alpha value is -1.66. The van der Waals surface area contributed by atoms with Crippen LogP contribution in [0.4, 0.5) is 5.82 Å². The smallest absolute Gasteiger partial charge is 0.160 e. The van der Waals surface area contributed by atoms with E-state index in [1.54, 1.807) is 0 Å². The first-order valence-corrected chi connectivity index (χ1v) is 9.32. The lowest BCUT2D eigenvalue weighted by atomic mass is 10.2. The number of hydrogen-bond donors (Lipinski definition) is 1. The molecule has 24 heavy (non-hydrogen) atoms. The number of aromatic nitrogens is 3. The lowest BCUT2D eigenvalue weighted by Gasteiger charge is -2.26. The van der Waals surface area contributed by atoms with Crippen LogP contribution < -0.4 is 10.2 Å². The van der Waals surface area contributed by atoms with Gasteiger partial charge in [-0.15, -0.1) is 0 Å². The van der Waals surface area contributed by atoms with Gasteiger partial charge in [-0.05, 0) is 25.0 Å². The van der Waals surface area contributed by atoms with Gasteiger partial charge in [-0.25, -0.2) is 4.98 Å². The molecule has 0 bridgehead atoms. The number of anilines is 1. The first kappa shape index (κ1) is 15.8. The van der Waals surface area contributed by atoms with Crippen molar-refractivity contribution in [3.05, 3.63) is 17.8 Å². The van der Waals surface area contributed by atoms with E-state index in [1.165, 1.54) is 31.1 Å². The van der Waals surface area contributed by atoms with Gasteiger partial charge >= 0.3 is 0 Å². The molecule has 2 aromatic rings. The highest BCUT2D eigenvalue weighted by atomic mass is 15.3. The van der Waals surface area contributed by atoms with Crippen LogP contribution in [0.5, 0.6) is 0 Å². The fourth-order valence-corrected chi connectivity index (χ4v) is 3.87. The van der Waals surface area contributed by atoms with Crippen molar-refractivity contribution in [1.82, 2.24) is 25.0 Å². The second-order valence-electron chi connectivity index (χ2n) is 7.04. The predicted molar refractivity (Wildman–Crippen MR) is 97.3 cm³/mol. The number of hydrogen-bond acceptors (Lipinski definition) is 5. The summed E-state index contributed by atoms with van der Waals surface area (Å²) in [5.41, 5.74) is 2.17. The minimum Gasteiger partial charge on any atom is -0.357 e. The molecule has 0 radical (unpaired) electrons. The van der Waals surface area contributed by atoms with Gasteiger partial charge in [0.25, 0.3) is 0 Å². The third-order valence-electron chi connectivity index (χ3n) is 5.26. The molecule has 0 atom stereocenters. The van der Waals surface area contributed by atoms with E-state index in [0.717, 1.165) is 63.0 Å². The molecule has 2 fully saturated rings. The molecule has 6 heteroatoms. The summed E-state index contributed by atoms with van der Waals surface area (Å²) < 4.78 is 1.95. The topological polar surface area (TPSA) is 49.2 Å². The molecule has 130 valence electrons. The highest BCUT2D eigenvalue weighted by Crippen LogP contribution is 2.23. The third kappa shape index (κ3) is 3.26. The molecule has 2 aliphatic rings. The predicted octanol–water partition coefficient (Wildman–Crippen LogP) is 1.75. The monoisotopic (exact) mass is 328 g/mol. The Morgan fingerprint density at radius 2 is 1.75 bits per heavy atom. The molecule has 4 rings (SSSR count). The van der Waals surface area contributed by atoms with Crippen molar-refractivity contribution in [2.75, 3.05) is 44.2 Å². The molecule has 2 aliphatic heterocycles. The molecule has 0 aromatic carbocycles.